The molecule has 0 radical (unpaired) electrons. The van der Waals surface area contributed by atoms with Gasteiger partial charge in [0.05, 0.1) is 18.1 Å². The zero-order chi connectivity index (χ0) is 14.7. The number of rotatable bonds is 2. The van der Waals surface area contributed by atoms with Gasteiger partial charge in [-0.05, 0) is 54.9 Å². The van der Waals surface area contributed by atoms with Crippen molar-refractivity contribution in [2.24, 2.45) is 5.41 Å². The van der Waals surface area contributed by atoms with Crippen molar-refractivity contribution in [1.29, 1.82) is 0 Å². The second-order valence-electron chi connectivity index (χ2n) is 6.88. The van der Waals surface area contributed by atoms with Crippen LogP contribution >= 0.6 is 0 Å². The highest BCUT2D eigenvalue weighted by Crippen LogP contribution is 2.51. The summed E-state index contributed by atoms with van der Waals surface area (Å²) in [7, 11) is -3.38. The van der Waals surface area contributed by atoms with Crippen LogP contribution in [0, 0.1) is 5.41 Å². The first kappa shape index (κ1) is 13.7. The number of hydrogen-bond donors (Lipinski definition) is 0. The standard InChI is InChI=1S/C16H21NO3S/c1-12-8-16(5-2-6-16)11-17(12)21(18,19)15-4-3-13-9-20-10-14(13)7-15/h3-4,7,12H,2,5-6,8-11H2,1H3. The molecule has 1 saturated heterocycles. The van der Waals surface area contributed by atoms with E-state index in [0.29, 0.717) is 24.7 Å². The Morgan fingerprint density at radius 1 is 1.24 bits per heavy atom. The molecule has 1 saturated carbocycles. The van der Waals surface area contributed by atoms with Crippen LogP contribution in [0.3, 0.4) is 0 Å². The highest BCUT2D eigenvalue weighted by atomic mass is 32.2. The van der Waals surface area contributed by atoms with Gasteiger partial charge in [-0.25, -0.2) is 8.42 Å². The van der Waals surface area contributed by atoms with Crippen LogP contribution in [-0.4, -0.2) is 25.3 Å². The van der Waals surface area contributed by atoms with Gasteiger partial charge >= 0.3 is 0 Å². The summed E-state index contributed by atoms with van der Waals surface area (Å²) in [4.78, 5) is 0.426. The summed E-state index contributed by atoms with van der Waals surface area (Å²) in [6.45, 7) is 3.86. The lowest BCUT2D eigenvalue weighted by atomic mass is 9.68. The molecule has 0 N–H and O–H groups in total. The molecule has 1 unspecified atom stereocenters. The maximum absolute atomic E-state index is 13.0. The average Bonchev–Trinajstić information content (AvgIpc) is 3.01. The van der Waals surface area contributed by atoms with Gasteiger partial charge in [0, 0.05) is 12.6 Å². The Bertz CT molecular complexity index is 679. The van der Waals surface area contributed by atoms with Gasteiger partial charge in [0.1, 0.15) is 0 Å². The van der Waals surface area contributed by atoms with Gasteiger partial charge in [-0.2, -0.15) is 4.31 Å². The van der Waals surface area contributed by atoms with E-state index >= 15 is 0 Å². The zero-order valence-electron chi connectivity index (χ0n) is 12.3. The van der Waals surface area contributed by atoms with Crippen molar-refractivity contribution in [2.75, 3.05) is 6.54 Å². The zero-order valence-corrected chi connectivity index (χ0v) is 13.2. The van der Waals surface area contributed by atoms with Crippen molar-refractivity contribution in [3.05, 3.63) is 29.3 Å². The second-order valence-corrected chi connectivity index (χ2v) is 8.77. The summed E-state index contributed by atoms with van der Waals surface area (Å²) in [5, 5.41) is 0. The van der Waals surface area contributed by atoms with Gasteiger partial charge in [0.25, 0.3) is 0 Å². The Morgan fingerprint density at radius 2 is 2.00 bits per heavy atom. The van der Waals surface area contributed by atoms with E-state index in [2.05, 4.69) is 0 Å². The molecule has 4 rings (SSSR count). The third-order valence-electron chi connectivity index (χ3n) is 5.42. The fourth-order valence-electron chi connectivity index (χ4n) is 4.08. The predicted octanol–water partition coefficient (Wildman–Crippen LogP) is 2.67. The van der Waals surface area contributed by atoms with Gasteiger partial charge in [-0.15, -0.1) is 0 Å². The molecule has 2 aliphatic heterocycles. The van der Waals surface area contributed by atoms with Crippen LogP contribution in [0.15, 0.2) is 23.1 Å². The van der Waals surface area contributed by atoms with E-state index in [-0.39, 0.29) is 11.5 Å². The van der Waals surface area contributed by atoms with E-state index in [1.165, 1.54) is 19.3 Å². The van der Waals surface area contributed by atoms with Crippen LogP contribution in [-0.2, 0) is 28.0 Å². The first-order valence-electron chi connectivity index (χ1n) is 7.72. The molecule has 21 heavy (non-hydrogen) atoms. The van der Waals surface area contributed by atoms with Crippen LogP contribution in [0.5, 0.6) is 0 Å². The van der Waals surface area contributed by atoms with Gasteiger partial charge in [0.15, 0.2) is 0 Å². The molecule has 5 heteroatoms. The molecular weight excluding hydrogens is 286 g/mol. The molecule has 4 nitrogen and oxygen atoms in total. The third kappa shape index (κ3) is 2.05. The molecule has 1 aromatic rings. The number of fused-ring (bicyclic) bond motifs is 1. The average molecular weight is 307 g/mol. The Morgan fingerprint density at radius 3 is 2.67 bits per heavy atom. The summed E-state index contributed by atoms with van der Waals surface area (Å²) in [5.74, 6) is 0. The van der Waals surface area contributed by atoms with Crippen molar-refractivity contribution in [3.8, 4) is 0 Å². The predicted molar refractivity (Wildman–Crippen MR) is 79.2 cm³/mol. The van der Waals surface area contributed by atoms with Gasteiger partial charge in [0.2, 0.25) is 10.0 Å². The minimum absolute atomic E-state index is 0.111. The SMILES string of the molecule is CC1CC2(CCC2)CN1S(=O)(=O)c1ccc2c(c1)COC2. The molecule has 1 aliphatic carbocycles. The molecule has 3 aliphatic rings. The quantitative estimate of drug-likeness (QED) is 0.844. The Hall–Kier alpha value is -0.910. The van der Waals surface area contributed by atoms with Gasteiger partial charge in [-0.3, -0.25) is 0 Å². The van der Waals surface area contributed by atoms with E-state index in [0.717, 1.165) is 17.5 Å². The largest absolute Gasteiger partial charge is 0.372 e. The monoisotopic (exact) mass is 307 g/mol. The molecule has 0 bridgehead atoms. The van der Waals surface area contributed by atoms with Crippen LogP contribution in [0.2, 0.25) is 0 Å². The summed E-state index contributed by atoms with van der Waals surface area (Å²) >= 11 is 0. The normalized spacial score (nSPS) is 27.8. The highest BCUT2D eigenvalue weighted by molar-refractivity contribution is 7.89. The molecule has 0 aromatic heterocycles. The molecule has 0 amide bonds. The smallest absolute Gasteiger partial charge is 0.243 e. The highest BCUT2D eigenvalue weighted by Gasteiger charge is 2.49. The Balaban J connectivity index is 1.67. The van der Waals surface area contributed by atoms with Crippen molar-refractivity contribution in [2.45, 2.75) is 56.8 Å². The Labute approximate surface area is 126 Å². The van der Waals surface area contributed by atoms with E-state index in [1.807, 2.05) is 13.0 Å². The lowest BCUT2D eigenvalue weighted by Gasteiger charge is -2.38. The topological polar surface area (TPSA) is 46.6 Å². The lowest BCUT2D eigenvalue weighted by molar-refractivity contribution is 0.134. The number of nitrogens with zero attached hydrogens (tertiary/aromatic N) is 1. The van der Waals surface area contributed by atoms with E-state index in [1.54, 1.807) is 16.4 Å². The molecule has 2 fully saturated rings. The van der Waals surface area contributed by atoms with Crippen LogP contribution < -0.4 is 0 Å². The molecular formula is C16H21NO3S. The van der Waals surface area contributed by atoms with Gasteiger partial charge in [-0.1, -0.05) is 12.5 Å². The summed E-state index contributed by atoms with van der Waals surface area (Å²) in [6.07, 6.45) is 4.62. The minimum Gasteiger partial charge on any atom is -0.372 e. The molecule has 2 heterocycles. The summed E-state index contributed by atoms with van der Waals surface area (Å²) in [6, 6.07) is 5.55. The molecule has 1 atom stereocenters. The maximum Gasteiger partial charge on any atom is 0.243 e. The fourth-order valence-corrected chi connectivity index (χ4v) is 5.88. The van der Waals surface area contributed by atoms with E-state index in [9.17, 15) is 8.42 Å². The molecule has 1 spiro atoms. The maximum atomic E-state index is 13.0. The second kappa shape index (κ2) is 4.54. The number of benzene rings is 1. The van der Waals surface area contributed by atoms with Crippen molar-refractivity contribution >= 4 is 10.0 Å². The Kier molecular flexibility index (Phi) is 2.97. The van der Waals surface area contributed by atoms with Crippen LogP contribution in [0.25, 0.3) is 0 Å². The first-order chi connectivity index (χ1) is 10.0. The van der Waals surface area contributed by atoms with Crippen molar-refractivity contribution < 1.29 is 13.2 Å². The fraction of sp³-hybridized carbons (Fsp3) is 0.625. The number of sulfonamides is 1. The third-order valence-corrected chi connectivity index (χ3v) is 7.38. The van der Waals surface area contributed by atoms with Crippen molar-refractivity contribution in [1.82, 2.24) is 4.31 Å². The van der Waals surface area contributed by atoms with Crippen molar-refractivity contribution in [3.63, 3.8) is 0 Å². The number of ether oxygens (including phenoxy) is 1. The van der Waals surface area contributed by atoms with E-state index in [4.69, 9.17) is 4.74 Å². The molecule has 1 aromatic carbocycles. The van der Waals surface area contributed by atoms with Gasteiger partial charge < -0.3 is 4.74 Å². The summed E-state index contributed by atoms with van der Waals surface area (Å²) in [5.41, 5.74) is 2.40. The minimum atomic E-state index is -3.38. The molecule has 114 valence electrons. The van der Waals surface area contributed by atoms with Crippen LogP contribution in [0.4, 0.5) is 0 Å². The lowest BCUT2D eigenvalue weighted by Crippen LogP contribution is -2.37. The van der Waals surface area contributed by atoms with Crippen LogP contribution in [0.1, 0.15) is 43.7 Å². The van der Waals surface area contributed by atoms with E-state index < -0.39 is 10.0 Å². The number of hydrogen-bond acceptors (Lipinski definition) is 3. The summed E-state index contributed by atoms with van der Waals surface area (Å²) < 4.78 is 33.0. The first-order valence-corrected chi connectivity index (χ1v) is 9.16.